The SMILES string of the molecule is O=C(NCc1cc(C(F)(F)F)cc(C(F)(F)F)c1)[C@@H](CCN1CCC(c2ccccc2)CC1)c1ccsc1. The van der Waals surface area contributed by atoms with E-state index < -0.39 is 41.8 Å². The highest BCUT2D eigenvalue weighted by atomic mass is 32.1. The second-order valence-corrected chi connectivity index (χ2v) is 10.3. The van der Waals surface area contributed by atoms with Gasteiger partial charge in [-0.05, 0) is 96.5 Å². The lowest BCUT2D eigenvalue weighted by Gasteiger charge is -2.33. The minimum Gasteiger partial charge on any atom is -0.351 e. The third kappa shape index (κ3) is 7.38. The number of carbonyl (C=O) groups excluding carboxylic acids is 1. The first kappa shape index (κ1) is 28.2. The molecule has 0 saturated carbocycles. The summed E-state index contributed by atoms with van der Waals surface area (Å²) in [5.41, 5.74) is -0.945. The summed E-state index contributed by atoms with van der Waals surface area (Å²) >= 11 is 1.42. The number of rotatable bonds is 8. The molecule has 1 fully saturated rings. The quantitative estimate of drug-likeness (QED) is 0.293. The van der Waals surface area contributed by atoms with E-state index in [1.165, 1.54) is 16.9 Å². The number of piperidine rings is 1. The zero-order valence-corrected chi connectivity index (χ0v) is 21.3. The Labute approximate surface area is 221 Å². The molecule has 0 spiro atoms. The largest absolute Gasteiger partial charge is 0.416 e. The molecule has 1 aliphatic rings. The topological polar surface area (TPSA) is 32.3 Å². The highest BCUT2D eigenvalue weighted by Crippen LogP contribution is 2.36. The van der Waals surface area contributed by atoms with Gasteiger partial charge in [-0.15, -0.1) is 0 Å². The highest BCUT2D eigenvalue weighted by Gasteiger charge is 2.37. The van der Waals surface area contributed by atoms with Crippen molar-refractivity contribution in [2.45, 2.75) is 50.0 Å². The van der Waals surface area contributed by atoms with Gasteiger partial charge in [-0.2, -0.15) is 37.7 Å². The summed E-state index contributed by atoms with van der Waals surface area (Å²) < 4.78 is 79.1. The van der Waals surface area contributed by atoms with Crippen LogP contribution < -0.4 is 5.32 Å². The lowest BCUT2D eigenvalue weighted by Crippen LogP contribution is -2.36. The lowest BCUT2D eigenvalue weighted by atomic mass is 9.89. The Bertz CT molecular complexity index is 1150. The minimum absolute atomic E-state index is 0.0838. The van der Waals surface area contributed by atoms with Gasteiger partial charge in [0.1, 0.15) is 0 Å². The van der Waals surface area contributed by atoms with E-state index in [-0.39, 0.29) is 11.6 Å². The molecule has 10 heteroatoms. The molecule has 2 heterocycles. The third-order valence-electron chi connectivity index (χ3n) is 6.97. The zero-order valence-electron chi connectivity index (χ0n) is 20.5. The third-order valence-corrected chi connectivity index (χ3v) is 7.67. The number of halogens is 6. The number of hydrogen-bond donors (Lipinski definition) is 1. The van der Waals surface area contributed by atoms with E-state index in [0.717, 1.165) is 31.5 Å². The summed E-state index contributed by atoms with van der Waals surface area (Å²) in [4.78, 5) is 15.4. The Morgan fingerprint density at radius 3 is 2.13 bits per heavy atom. The predicted molar refractivity (Wildman–Crippen MR) is 135 cm³/mol. The molecule has 4 rings (SSSR count). The van der Waals surface area contributed by atoms with Crippen molar-refractivity contribution in [2.75, 3.05) is 19.6 Å². The number of benzene rings is 2. The van der Waals surface area contributed by atoms with Gasteiger partial charge in [-0.1, -0.05) is 30.3 Å². The van der Waals surface area contributed by atoms with Crippen LogP contribution in [0.4, 0.5) is 26.3 Å². The average Bonchev–Trinajstić information content (AvgIpc) is 3.42. The summed E-state index contributed by atoms with van der Waals surface area (Å²) in [5.74, 6) is -0.480. The molecule has 204 valence electrons. The summed E-state index contributed by atoms with van der Waals surface area (Å²) in [5, 5.41) is 6.26. The molecule has 2 aromatic carbocycles. The molecule has 1 N–H and O–H groups in total. The van der Waals surface area contributed by atoms with Crippen LogP contribution in [0.3, 0.4) is 0 Å². The van der Waals surface area contributed by atoms with Crippen LogP contribution in [0.25, 0.3) is 0 Å². The average molecular weight is 555 g/mol. The first-order chi connectivity index (χ1) is 18.0. The molecule has 1 amide bonds. The van der Waals surface area contributed by atoms with Crippen LogP contribution >= 0.6 is 11.3 Å². The number of thiophene rings is 1. The van der Waals surface area contributed by atoms with Crippen molar-refractivity contribution in [1.82, 2.24) is 10.2 Å². The fourth-order valence-corrected chi connectivity index (χ4v) is 5.60. The normalized spacial score (nSPS) is 16.4. The van der Waals surface area contributed by atoms with Gasteiger partial charge in [-0.3, -0.25) is 4.79 Å². The molecule has 0 aliphatic carbocycles. The van der Waals surface area contributed by atoms with Crippen molar-refractivity contribution in [2.24, 2.45) is 0 Å². The van der Waals surface area contributed by atoms with Crippen LogP contribution in [0.1, 0.15) is 58.9 Å². The van der Waals surface area contributed by atoms with E-state index >= 15 is 0 Å². The summed E-state index contributed by atoms with van der Waals surface area (Å²) in [6.07, 6.45) is -7.36. The molecule has 1 aliphatic heterocycles. The second-order valence-electron chi connectivity index (χ2n) is 9.56. The molecule has 3 aromatic rings. The fraction of sp³-hybridized carbons (Fsp3) is 0.393. The summed E-state index contributed by atoms with van der Waals surface area (Å²) in [6.45, 7) is 2.01. The Morgan fingerprint density at radius 2 is 1.58 bits per heavy atom. The fourth-order valence-electron chi connectivity index (χ4n) is 4.88. The predicted octanol–water partition coefficient (Wildman–Crippen LogP) is 7.46. The van der Waals surface area contributed by atoms with Gasteiger partial charge in [0.25, 0.3) is 0 Å². The van der Waals surface area contributed by atoms with E-state index in [9.17, 15) is 31.1 Å². The number of likely N-dealkylation sites (tertiary alicyclic amines) is 1. The van der Waals surface area contributed by atoms with Crippen LogP contribution in [0.2, 0.25) is 0 Å². The number of nitrogens with zero attached hydrogens (tertiary/aromatic N) is 1. The molecule has 0 bridgehead atoms. The lowest BCUT2D eigenvalue weighted by molar-refractivity contribution is -0.143. The number of alkyl halides is 6. The molecule has 38 heavy (non-hydrogen) atoms. The number of carbonyl (C=O) groups is 1. The van der Waals surface area contributed by atoms with Crippen molar-refractivity contribution >= 4 is 17.2 Å². The first-order valence-electron chi connectivity index (χ1n) is 12.4. The van der Waals surface area contributed by atoms with Gasteiger partial charge >= 0.3 is 12.4 Å². The molecule has 1 saturated heterocycles. The van der Waals surface area contributed by atoms with Crippen LogP contribution in [0.15, 0.2) is 65.4 Å². The summed E-state index contributed by atoms with van der Waals surface area (Å²) in [6, 6.07) is 13.5. The molecule has 3 nitrogen and oxygen atoms in total. The monoisotopic (exact) mass is 554 g/mol. The maximum absolute atomic E-state index is 13.2. The van der Waals surface area contributed by atoms with Gasteiger partial charge in [-0.25, -0.2) is 0 Å². The second kappa shape index (κ2) is 11.9. The Balaban J connectivity index is 1.39. The van der Waals surface area contributed by atoms with E-state index in [1.54, 1.807) is 0 Å². The maximum atomic E-state index is 13.2. The number of amides is 1. The van der Waals surface area contributed by atoms with Crippen LogP contribution in [0, 0.1) is 0 Å². The van der Waals surface area contributed by atoms with E-state index in [1.807, 2.05) is 35.0 Å². The van der Waals surface area contributed by atoms with E-state index in [4.69, 9.17) is 0 Å². The van der Waals surface area contributed by atoms with Gasteiger partial charge in [0, 0.05) is 6.54 Å². The van der Waals surface area contributed by atoms with Crippen molar-refractivity contribution in [1.29, 1.82) is 0 Å². The van der Waals surface area contributed by atoms with Crippen molar-refractivity contribution in [3.63, 3.8) is 0 Å². The Kier molecular flexibility index (Phi) is 8.82. The standard InChI is InChI=1S/C28H28F6N2OS/c29-27(30,31)23-14-19(15-24(16-23)28(32,33)34)17-35-26(37)25(22-9-13-38-18-22)8-12-36-10-6-21(7-11-36)20-4-2-1-3-5-20/h1-5,9,13-16,18,21,25H,6-8,10-12,17H2,(H,35,37)/t25-/m0/s1. The van der Waals surface area contributed by atoms with Gasteiger partial charge in [0.15, 0.2) is 0 Å². The van der Waals surface area contributed by atoms with Crippen molar-refractivity contribution in [3.8, 4) is 0 Å². The number of nitrogens with one attached hydrogen (secondary N) is 1. The molecule has 1 atom stereocenters. The highest BCUT2D eigenvalue weighted by molar-refractivity contribution is 7.08. The van der Waals surface area contributed by atoms with Crippen molar-refractivity contribution in [3.05, 3.63) is 93.2 Å². The molecule has 0 radical (unpaired) electrons. The van der Waals surface area contributed by atoms with Crippen molar-refractivity contribution < 1.29 is 31.1 Å². The van der Waals surface area contributed by atoms with Crippen LogP contribution in [-0.4, -0.2) is 30.4 Å². The van der Waals surface area contributed by atoms with Crippen LogP contribution in [0.5, 0.6) is 0 Å². The molecular weight excluding hydrogens is 526 g/mol. The molecule has 1 aromatic heterocycles. The van der Waals surface area contributed by atoms with E-state index in [0.29, 0.717) is 31.0 Å². The van der Waals surface area contributed by atoms with E-state index in [2.05, 4.69) is 22.3 Å². The van der Waals surface area contributed by atoms with Gasteiger partial charge in [0.2, 0.25) is 5.91 Å². The summed E-state index contributed by atoms with van der Waals surface area (Å²) in [7, 11) is 0. The smallest absolute Gasteiger partial charge is 0.351 e. The minimum atomic E-state index is -4.94. The molecule has 0 unspecified atom stereocenters. The van der Waals surface area contributed by atoms with Gasteiger partial charge in [0.05, 0.1) is 17.0 Å². The zero-order chi connectivity index (χ0) is 27.3. The maximum Gasteiger partial charge on any atom is 0.416 e. The first-order valence-corrected chi connectivity index (χ1v) is 13.3. The van der Waals surface area contributed by atoms with Gasteiger partial charge < -0.3 is 10.2 Å². The Hall–Kier alpha value is -2.85. The molecular formula is C28H28F6N2OS. The number of hydrogen-bond acceptors (Lipinski definition) is 3. The Morgan fingerprint density at radius 1 is 0.947 bits per heavy atom. The van der Waals surface area contributed by atoms with Crippen LogP contribution in [-0.2, 0) is 23.7 Å².